The van der Waals surface area contributed by atoms with Gasteiger partial charge in [-0.1, -0.05) is 24.8 Å². The van der Waals surface area contributed by atoms with Gasteiger partial charge in [-0.2, -0.15) is 0 Å². The van der Waals surface area contributed by atoms with E-state index in [0.717, 1.165) is 19.1 Å². The van der Waals surface area contributed by atoms with Crippen LogP contribution in [-0.2, 0) is 6.42 Å². The molecule has 0 aliphatic rings. The van der Waals surface area contributed by atoms with Crippen molar-refractivity contribution in [3.63, 3.8) is 0 Å². The highest BCUT2D eigenvalue weighted by molar-refractivity contribution is 7.99. The third kappa shape index (κ3) is 4.24. The molecular weight excluding hydrogens is 304 g/mol. The number of aromatic nitrogens is 2. The highest BCUT2D eigenvalue weighted by Crippen LogP contribution is 2.30. The standard InChI is InChI=1S/C15H18N2O4S/c1-3-5-13-16-17-15(21-13)22-9-8-20-14-11(10-18)6-4-7-12(14)19-2/h4,6-7,10H,3,5,8-9H2,1-2H3. The Hall–Kier alpha value is -2.02. The molecule has 1 heterocycles. The van der Waals surface area contributed by atoms with Gasteiger partial charge >= 0.3 is 0 Å². The van der Waals surface area contributed by atoms with E-state index in [1.807, 2.05) is 0 Å². The Labute approximate surface area is 133 Å². The number of nitrogens with zero attached hydrogens (tertiary/aromatic N) is 2. The molecule has 0 fully saturated rings. The number of thioether (sulfide) groups is 1. The van der Waals surface area contributed by atoms with Gasteiger partial charge < -0.3 is 13.9 Å². The predicted molar refractivity (Wildman–Crippen MR) is 82.9 cm³/mol. The molecule has 7 heteroatoms. The quantitative estimate of drug-likeness (QED) is 0.399. The minimum Gasteiger partial charge on any atom is -0.493 e. The van der Waals surface area contributed by atoms with E-state index >= 15 is 0 Å². The Balaban J connectivity index is 1.87. The Morgan fingerprint density at radius 3 is 2.95 bits per heavy atom. The number of hydrogen-bond donors (Lipinski definition) is 0. The summed E-state index contributed by atoms with van der Waals surface area (Å²) >= 11 is 1.42. The highest BCUT2D eigenvalue weighted by atomic mass is 32.2. The van der Waals surface area contributed by atoms with Crippen LogP contribution in [0.1, 0.15) is 29.6 Å². The second-order valence-corrected chi connectivity index (χ2v) is 5.45. The van der Waals surface area contributed by atoms with Gasteiger partial charge in [-0.25, -0.2) is 0 Å². The molecule has 2 aromatic rings. The summed E-state index contributed by atoms with van der Waals surface area (Å²) < 4.78 is 16.3. The van der Waals surface area contributed by atoms with Gasteiger partial charge in [0.15, 0.2) is 17.8 Å². The number of hydrogen-bond acceptors (Lipinski definition) is 7. The molecule has 0 aliphatic heterocycles. The monoisotopic (exact) mass is 322 g/mol. The van der Waals surface area contributed by atoms with Crippen molar-refractivity contribution in [2.24, 2.45) is 0 Å². The van der Waals surface area contributed by atoms with Crippen LogP contribution in [0.5, 0.6) is 11.5 Å². The predicted octanol–water partition coefficient (Wildman–Crippen LogP) is 3.01. The first kappa shape index (κ1) is 16.4. The molecule has 2 rings (SSSR count). The SMILES string of the molecule is CCCc1nnc(SCCOc2c(C=O)cccc2OC)o1. The van der Waals surface area contributed by atoms with E-state index in [1.165, 1.54) is 11.8 Å². The molecule has 0 bridgehead atoms. The highest BCUT2D eigenvalue weighted by Gasteiger charge is 2.11. The zero-order chi connectivity index (χ0) is 15.8. The number of aryl methyl sites for hydroxylation is 1. The zero-order valence-electron chi connectivity index (χ0n) is 12.6. The molecule has 0 radical (unpaired) electrons. The first-order chi connectivity index (χ1) is 10.8. The maximum atomic E-state index is 11.0. The number of ether oxygens (including phenoxy) is 2. The summed E-state index contributed by atoms with van der Waals surface area (Å²) in [4.78, 5) is 11.0. The van der Waals surface area contributed by atoms with Crippen molar-refractivity contribution in [1.82, 2.24) is 10.2 Å². The van der Waals surface area contributed by atoms with Gasteiger partial charge in [-0.05, 0) is 18.6 Å². The molecule has 1 aromatic carbocycles. The van der Waals surface area contributed by atoms with Crippen LogP contribution in [0.25, 0.3) is 0 Å². The van der Waals surface area contributed by atoms with E-state index in [9.17, 15) is 4.79 Å². The Bertz CT molecular complexity index is 615. The van der Waals surface area contributed by atoms with Crippen molar-refractivity contribution in [2.45, 2.75) is 25.0 Å². The fourth-order valence-corrected chi connectivity index (χ4v) is 2.42. The van der Waals surface area contributed by atoms with E-state index in [0.29, 0.717) is 40.5 Å². The lowest BCUT2D eigenvalue weighted by Gasteiger charge is -2.11. The van der Waals surface area contributed by atoms with Gasteiger partial charge in [-0.3, -0.25) is 4.79 Å². The van der Waals surface area contributed by atoms with Gasteiger partial charge in [0, 0.05) is 12.2 Å². The van der Waals surface area contributed by atoms with Crippen LogP contribution in [0, 0.1) is 0 Å². The third-order valence-electron chi connectivity index (χ3n) is 2.82. The Morgan fingerprint density at radius 2 is 2.23 bits per heavy atom. The van der Waals surface area contributed by atoms with Crippen molar-refractivity contribution in [3.05, 3.63) is 29.7 Å². The summed E-state index contributed by atoms with van der Waals surface area (Å²) in [5.41, 5.74) is 0.465. The zero-order valence-corrected chi connectivity index (χ0v) is 13.4. The number of carbonyl (C=O) groups excluding carboxylic acids is 1. The average Bonchev–Trinajstić information content (AvgIpc) is 2.99. The van der Waals surface area contributed by atoms with Crippen molar-refractivity contribution < 1.29 is 18.7 Å². The van der Waals surface area contributed by atoms with Crippen LogP contribution in [0.15, 0.2) is 27.8 Å². The van der Waals surface area contributed by atoms with Crippen LogP contribution in [0.2, 0.25) is 0 Å². The smallest absolute Gasteiger partial charge is 0.276 e. The lowest BCUT2D eigenvalue weighted by atomic mass is 10.2. The minimum absolute atomic E-state index is 0.400. The van der Waals surface area contributed by atoms with E-state index in [2.05, 4.69) is 17.1 Å². The second-order valence-electron chi connectivity index (χ2n) is 4.41. The number of aldehydes is 1. The van der Waals surface area contributed by atoms with Crippen LogP contribution >= 0.6 is 11.8 Å². The molecule has 0 saturated heterocycles. The fourth-order valence-electron chi connectivity index (χ4n) is 1.82. The summed E-state index contributed by atoms with van der Waals surface area (Å²) in [5.74, 6) is 2.28. The normalized spacial score (nSPS) is 10.5. The number of para-hydroxylation sites is 1. The number of rotatable bonds is 9. The summed E-state index contributed by atoms with van der Waals surface area (Å²) in [6, 6.07) is 5.19. The van der Waals surface area contributed by atoms with Crippen molar-refractivity contribution in [3.8, 4) is 11.5 Å². The van der Waals surface area contributed by atoms with Crippen LogP contribution in [-0.4, -0.2) is 36.0 Å². The molecule has 0 amide bonds. The van der Waals surface area contributed by atoms with Crippen molar-refractivity contribution in [1.29, 1.82) is 0 Å². The van der Waals surface area contributed by atoms with Crippen LogP contribution in [0.4, 0.5) is 0 Å². The molecule has 0 saturated carbocycles. The average molecular weight is 322 g/mol. The van der Waals surface area contributed by atoms with Gasteiger partial charge in [0.05, 0.1) is 19.3 Å². The second kappa shape index (κ2) is 8.43. The molecule has 118 valence electrons. The molecule has 0 atom stereocenters. The van der Waals surface area contributed by atoms with Crippen LogP contribution in [0.3, 0.4) is 0 Å². The van der Waals surface area contributed by atoms with Crippen LogP contribution < -0.4 is 9.47 Å². The summed E-state index contributed by atoms with van der Waals surface area (Å²) in [6.07, 6.45) is 2.51. The fraction of sp³-hybridized carbons (Fsp3) is 0.400. The summed E-state index contributed by atoms with van der Waals surface area (Å²) in [7, 11) is 1.54. The Kier molecular flexibility index (Phi) is 6.27. The Morgan fingerprint density at radius 1 is 1.36 bits per heavy atom. The van der Waals surface area contributed by atoms with Crippen molar-refractivity contribution in [2.75, 3.05) is 19.5 Å². The molecule has 6 nitrogen and oxygen atoms in total. The number of carbonyl (C=O) groups is 1. The third-order valence-corrected chi connectivity index (χ3v) is 3.61. The minimum atomic E-state index is 0.400. The first-order valence-electron chi connectivity index (χ1n) is 6.98. The van der Waals surface area contributed by atoms with E-state index in [1.54, 1.807) is 25.3 Å². The molecule has 22 heavy (non-hydrogen) atoms. The number of benzene rings is 1. The van der Waals surface area contributed by atoms with E-state index in [-0.39, 0.29) is 0 Å². The molecule has 0 spiro atoms. The topological polar surface area (TPSA) is 74.5 Å². The molecular formula is C15H18N2O4S. The lowest BCUT2D eigenvalue weighted by molar-refractivity contribution is 0.111. The molecule has 1 aromatic heterocycles. The van der Waals surface area contributed by atoms with Gasteiger partial charge in [0.25, 0.3) is 5.22 Å². The van der Waals surface area contributed by atoms with Gasteiger partial charge in [0.2, 0.25) is 5.89 Å². The summed E-state index contributed by atoms with van der Waals surface area (Å²) in [5, 5.41) is 8.44. The summed E-state index contributed by atoms with van der Waals surface area (Å²) in [6.45, 7) is 2.46. The van der Waals surface area contributed by atoms with Gasteiger partial charge in [-0.15, -0.1) is 10.2 Å². The maximum Gasteiger partial charge on any atom is 0.276 e. The molecule has 0 N–H and O–H groups in total. The van der Waals surface area contributed by atoms with Crippen molar-refractivity contribution >= 4 is 18.0 Å². The first-order valence-corrected chi connectivity index (χ1v) is 7.97. The molecule has 0 unspecified atom stereocenters. The number of methoxy groups -OCH3 is 1. The van der Waals surface area contributed by atoms with Gasteiger partial charge in [0.1, 0.15) is 0 Å². The molecule has 0 aliphatic carbocycles. The lowest BCUT2D eigenvalue weighted by Crippen LogP contribution is -2.04. The van der Waals surface area contributed by atoms with E-state index in [4.69, 9.17) is 13.9 Å². The van der Waals surface area contributed by atoms with E-state index < -0.39 is 0 Å². The largest absolute Gasteiger partial charge is 0.493 e. The maximum absolute atomic E-state index is 11.0.